The molecular weight excluding hydrogens is 663 g/mol. The van der Waals surface area contributed by atoms with Crippen molar-refractivity contribution in [3.8, 4) is 0 Å². The van der Waals surface area contributed by atoms with Crippen LogP contribution >= 0.6 is 15.9 Å². The third kappa shape index (κ3) is 11.5. The van der Waals surface area contributed by atoms with Crippen LogP contribution < -0.4 is 0 Å². The first-order valence-electron chi connectivity index (χ1n) is 16.5. The molecule has 0 unspecified atom stereocenters. The molecule has 0 saturated heterocycles. The molecule has 1 saturated carbocycles. The molecule has 0 heterocycles. The van der Waals surface area contributed by atoms with E-state index in [4.69, 9.17) is 13.9 Å². The summed E-state index contributed by atoms with van der Waals surface area (Å²) in [5.41, 5.74) is 0.560. The Morgan fingerprint density at radius 2 is 1.72 bits per heavy atom. The van der Waals surface area contributed by atoms with Gasteiger partial charge in [-0.05, 0) is 92.8 Å². The number of benzene rings is 2. The number of hydrogen-bond acceptors (Lipinski definition) is 5. The Hall–Kier alpha value is -2.10. The van der Waals surface area contributed by atoms with E-state index in [2.05, 4.69) is 74.1 Å². The molecule has 3 rings (SSSR count). The first kappa shape index (κ1) is 38.3. The van der Waals surface area contributed by atoms with Gasteiger partial charge in [0.2, 0.25) is 0 Å². The fourth-order valence-corrected chi connectivity index (χ4v) is 7.45. The maximum Gasteiger partial charge on any atom is 0.305 e. The van der Waals surface area contributed by atoms with E-state index in [9.17, 15) is 14.3 Å². The number of methoxy groups -OCH3 is 1. The number of rotatable bonds is 16. The van der Waals surface area contributed by atoms with Gasteiger partial charge in [-0.15, -0.1) is 0 Å². The molecule has 46 heavy (non-hydrogen) atoms. The minimum atomic E-state index is -2.11. The highest BCUT2D eigenvalue weighted by Crippen LogP contribution is 2.45. The topological polar surface area (TPSA) is 65.0 Å². The molecule has 1 N–H and O–H groups in total. The SMILES string of the molecule is COC(=O)CCC/C=C\C[C@@H]1[C@@H](/C=C/[C@@](C)(O)CCc2ccccc2F)[C@H](OCc2ccccc2Br)C[C@@H]1O[Si](C)(C)C(C)(C)C. The molecule has 5 atom stereocenters. The van der Waals surface area contributed by atoms with Crippen molar-refractivity contribution >= 4 is 30.2 Å². The standard InChI is InChI=1S/C38H54BrFO5Si/c1-37(2,3)46(6,7)45-35-26-34(44-27-29-17-12-14-19-32(29)39)31(30(35)18-10-8-9-11-21-36(41)43-5)23-25-38(4,42)24-22-28-16-13-15-20-33(28)40/h8,10,12-17,19-20,23,25,30-31,34-35,42H,9,11,18,21-22,24,26-27H2,1-7H3/b10-8-,25-23+/t30-,31-,34-,35+,38+/m1/s1. The van der Waals surface area contributed by atoms with Crippen molar-refractivity contribution in [1.29, 1.82) is 0 Å². The average Bonchev–Trinajstić information content (AvgIpc) is 3.31. The van der Waals surface area contributed by atoms with Crippen LogP contribution in [0.15, 0.2) is 77.3 Å². The third-order valence-corrected chi connectivity index (χ3v) is 14.9. The van der Waals surface area contributed by atoms with Crippen LogP contribution in [0.3, 0.4) is 0 Å². The van der Waals surface area contributed by atoms with Crippen LogP contribution in [0, 0.1) is 17.7 Å². The van der Waals surface area contributed by atoms with Crippen molar-refractivity contribution in [3.05, 3.63) is 94.3 Å². The quantitative estimate of drug-likeness (QED) is 0.0811. The van der Waals surface area contributed by atoms with E-state index in [1.807, 2.05) is 30.3 Å². The van der Waals surface area contributed by atoms with Crippen molar-refractivity contribution in [1.82, 2.24) is 0 Å². The van der Waals surface area contributed by atoms with Crippen molar-refractivity contribution in [3.63, 3.8) is 0 Å². The minimum absolute atomic E-state index is 0.00286. The third-order valence-electron chi connectivity index (χ3n) is 9.62. The Balaban J connectivity index is 1.88. The second kappa shape index (κ2) is 17.3. The number of carbonyl (C=O) groups excluding carboxylic acids is 1. The van der Waals surface area contributed by atoms with Gasteiger partial charge in [-0.1, -0.05) is 97.4 Å². The Labute approximate surface area is 285 Å². The number of ether oxygens (including phenoxy) is 2. The van der Waals surface area contributed by atoms with E-state index in [1.54, 1.807) is 19.1 Å². The highest BCUT2D eigenvalue weighted by atomic mass is 79.9. The molecule has 0 bridgehead atoms. The summed E-state index contributed by atoms with van der Waals surface area (Å²) in [5.74, 6) is -0.308. The van der Waals surface area contributed by atoms with Crippen LogP contribution in [0.25, 0.3) is 0 Å². The summed E-state index contributed by atoms with van der Waals surface area (Å²) in [6.07, 6.45) is 12.5. The summed E-state index contributed by atoms with van der Waals surface area (Å²) in [6, 6.07) is 14.8. The zero-order chi connectivity index (χ0) is 34.0. The molecule has 8 heteroatoms. The minimum Gasteiger partial charge on any atom is -0.469 e. The Bertz CT molecular complexity index is 1320. The Morgan fingerprint density at radius 1 is 1.04 bits per heavy atom. The van der Waals surface area contributed by atoms with Gasteiger partial charge in [-0.2, -0.15) is 0 Å². The van der Waals surface area contributed by atoms with Gasteiger partial charge >= 0.3 is 5.97 Å². The lowest BCUT2D eigenvalue weighted by molar-refractivity contribution is -0.140. The van der Waals surface area contributed by atoms with Crippen molar-refractivity contribution in [2.45, 2.75) is 115 Å². The fraction of sp³-hybridized carbons (Fsp3) is 0.553. The first-order valence-corrected chi connectivity index (χ1v) is 20.2. The maximum absolute atomic E-state index is 14.3. The molecular formula is C38H54BrFO5Si. The molecule has 0 amide bonds. The van der Waals surface area contributed by atoms with Crippen LogP contribution in [0.4, 0.5) is 4.39 Å². The largest absolute Gasteiger partial charge is 0.469 e. The molecule has 0 aromatic heterocycles. The van der Waals surface area contributed by atoms with Crippen molar-refractivity contribution in [2.75, 3.05) is 7.11 Å². The molecule has 1 aliphatic carbocycles. The molecule has 1 aliphatic rings. The summed E-state index contributed by atoms with van der Waals surface area (Å²) in [4.78, 5) is 11.5. The molecule has 2 aromatic carbocycles. The average molecular weight is 718 g/mol. The number of esters is 1. The molecule has 5 nitrogen and oxygen atoms in total. The van der Waals surface area contributed by atoms with Crippen LogP contribution in [0.2, 0.25) is 18.1 Å². The Kier molecular flexibility index (Phi) is 14.5. The van der Waals surface area contributed by atoms with Gasteiger partial charge in [0.1, 0.15) is 5.82 Å². The van der Waals surface area contributed by atoms with Gasteiger partial charge in [-0.25, -0.2) is 4.39 Å². The number of unbranched alkanes of at least 4 members (excludes halogenated alkanes) is 1. The number of aliphatic hydroxyl groups is 1. The highest BCUT2D eigenvalue weighted by Gasteiger charge is 2.48. The normalized spacial score (nSPS) is 22.0. The molecule has 1 fully saturated rings. The molecule has 0 radical (unpaired) electrons. The summed E-state index contributed by atoms with van der Waals surface area (Å²) in [6.45, 7) is 13.6. The molecule has 2 aromatic rings. The van der Waals surface area contributed by atoms with Crippen molar-refractivity contribution < 1.29 is 28.2 Å². The van der Waals surface area contributed by atoms with Gasteiger partial charge in [0.05, 0.1) is 31.5 Å². The number of aryl methyl sites for hydroxylation is 1. The zero-order valence-corrected chi connectivity index (χ0v) is 31.3. The zero-order valence-electron chi connectivity index (χ0n) is 28.7. The van der Waals surface area contributed by atoms with E-state index in [0.29, 0.717) is 31.4 Å². The molecule has 0 aliphatic heterocycles. The fourth-order valence-electron chi connectivity index (χ4n) is 5.67. The van der Waals surface area contributed by atoms with E-state index >= 15 is 0 Å². The van der Waals surface area contributed by atoms with Crippen LogP contribution in [0.5, 0.6) is 0 Å². The number of allylic oxidation sites excluding steroid dienone is 2. The number of halogens is 2. The summed E-state index contributed by atoms with van der Waals surface area (Å²) < 4.78 is 33.9. The van der Waals surface area contributed by atoms with E-state index < -0.39 is 13.9 Å². The molecule has 254 valence electrons. The van der Waals surface area contributed by atoms with Gasteiger partial charge in [0.15, 0.2) is 8.32 Å². The predicted octanol–water partition coefficient (Wildman–Crippen LogP) is 9.73. The summed E-state index contributed by atoms with van der Waals surface area (Å²) >= 11 is 3.66. The second-order valence-corrected chi connectivity index (χ2v) is 19.9. The lowest BCUT2D eigenvalue weighted by Gasteiger charge is -2.40. The second-order valence-electron chi connectivity index (χ2n) is 14.3. The van der Waals surface area contributed by atoms with Crippen molar-refractivity contribution in [2.24, 2.45) is 11.8 Å². The van der Waals surface area contributed by atoms with Crippen LogP contribution in [-0.4, -0.2) is 44.3 Å². The van der Waals surface area contributed by atoms with E-state index in [0.717, 1.165) is 35.7 Å². The summed E-state index contributed by atoms with van der Waals surface area (Å²) in [7, 11) is -0.689. The predicted molar refractivity (Wildman–Crippen MR) is 190 cm³/mol. The Morgan fingerprint density at radius 3 is 2.37 bits per heavy atom. The maximum atomic E-state index is 14.3. The smallest absolute Gasteiger partial charge is 0.305 e. The van der Waals surface area contributed by atoms with Gasteiger partial charge in [0, 0.05) is 16.8 Å². The van der Waals surface area contributed by atoms with Crippen LogP contribution in [0.1, 0.15) is 77.3 Å². The monoisotopic (exact) mass is 716 g/mol. The van der Waals surface area contributed by atoms with Gasteiger partial charge in [-0.3, -0.25) is 4.79 Å². The van der Waals surface area contributed by atoms with Crippen LogP contribution in [-0.2, 0) is 31.7 Å². The van der Waals surface area contributed by atoms with Gasteiger partial charge in [0.25, 0.3) is 0 Å². The van der Waals surface area contributed by atoms with Gasteiger partial charge < -0.3 is 19.0 Å². The lowest BCUT2D eigenvalue weighted by atomic mass is 9.87. The van der Waals surface area contributed by atoms with E-state index in [1.165, 1.54) is 13.2 Å². The van der Waals surface area contributed by atoms with E-state index in [-0.39, 0.29) is 40.9 Å². The molecule has 0 spiro atoms. The highest BCUT2D eigenvalue weighted by molar-refractivity contribution is 9.10. The first-order chi connectivity index (χ1) is 21.6. The number of hydrogen-bond donors (Lipinski definition) is 1. The lowest BCUT2D eigenvalue weighted by Crippen LogP contribution is -2.45. The summed E-state index contributed by atoms with van der Waals surface area (Å²) in [5, 5.41) is 11.5. The number of carbonyl (C=O) groups is 1.